The number of carbonyl (C=O) groups excluding carboxylic acids is 1. The zero-order valence-corrected chi connectivity index (χ0v) is 28.2. The van der Waals surface area contributed by atoms with Crippen molar-refractivity contribution in [2.45, 2.75) is 45.5 Å². The maximum absolute atomic E-state index is 12.2. The third kappa shape index (κ3) is 7.80. The minimum absolute atomic E-state index is 0.311. The number of hydrogen-bond donors (Lipinski definition) is 0. The first-order valence-corrected chi connectivity index (χ1v) is 16.7. The first-order valence-electron chi connectivity index (χ1n) is 16.7. The number of aromatic nitrogens is 1. The van der Waals surface area contributed by atoms with Crippen molar-refractivity contribution in [3.63, 3.8) is 0 Å². The van der Waals surface area contributed by atoms with Gasteiger partial charge in [-0.15, -0.1) is 0 Å². The second-order valence-electron chi connectivity index (χ2n) is 12.2. The minimum atomic E-state index is -0.865. The van der Waals surface area contributed by atoms with E-state index in [1.54, 1.807) is 6.20 Å². The van der Waals surface area contributed by atoms with Gasteiger partial charge in [0.2, 0.25) is 5.88 Å². The Kier molecular flexibility index (Phi) is 10.6. The molecule has 49 heavy (non-hydrogen) atoms. The molecule has 0 fully saturated rings. The second kappa shape index (κ2) is 15.6. The number of rotatable bonds is 13. The van der Waals surface area contributed by atoms with E-state index in [0.29, 0.717) is 25.5 Å². The molecule has 0 radical (unpaired) electrons. The van der Waals surface area contributed by atoms with Crippen LogP contribution in [0.25, 0.3) is 11.1 Å². The summed E-state index contributed by atoms with van der Waals surface area (Å²) in [6, 6.07) is 49.2. The molecule has 0 bridgehead atoms. The monoisotopic (exact) mass is 647 g/mol. The molecule has 0 aliphatic rings. The highest BCUT2D eigenvalue weighted by atomic mass is 16.5. The predicted molar refractivity (Wildman–Crippen MR) is 194 cm³/mol. The van der Waals surface area contributed by atoms with Gasteiger partial charge >= 0.3 is 5.97 Å². The Labute approximate surface area is 289 Å². The van der Waals surface area contributed by atoms with Crippen LogP contribution in [0.2, 0.25) is 0 Å². The third-order valence-electron chi connectivity index (χ3n) is 8.76. The Hall–Kier alpha value is -5.52. The van der Waals surface area contributed by atoms with E-state index in [2.05, 4.69) is 97.7 Å². The Morgan fingerprint density at radius 2 is 1.27 bits per heavy atom. The summed E-state index contributed by atoms with van der Waals surface area (Å²) in [5.41, 5.74) is 8.91. The average Bonchev–Trinajstić information content (AvgIpc) is 3.13. The number of benzene rings is 5. The molecule has 246 valence electrons. The molecule has 1 unspecified atom stereocenters. The lowest BCUT2D eigenvalue weighted by molar-refractivity contribution is -0.148. The summed E-state index contributed by atoms with van der Waals surface area (Å²) < 4.78 is 18.9. The highest BCUT2D eigenvalue weighted by Crippen LogP contribution is 2.41. The predicted octanol–water partition coefficient (Wildman–Crippen LogP) is 9.95. The van der Waals surface area contributed by atoms with Crippen molar-refractivity contribution < 1.29 is 19.0 Å². The van der Waals surface area contributed by atoms with Gasteiger partial charge in [-0.2, -0.15) is 0 Å². The van der Waals surface area contributed by atoms with E-state index in [-0.39, 0.29) is 5.97 Å². The summed E-state index contributed by atoms with van der Waals surface area (Å²) >= 11 is 0. The number of esters is 1. The Morgan fingerprint density at radius 1 is 0.694 bits per heavy atom. The number of aryl methyl sites for hydroxylation is 2. The number of pyridine rings is 1. The van der Waals surface area contributed by atoms with Crippen LogP contribution in [-0.2, 0) is 26.5 Å². The van der Waals surface area contributed by atoms with E-state index in [0.717, 1.165) is 27.8 Å². The molecule has 5 heteroatoms. The molecular formula is C44H41NO4. The molecule has 0 aliphatic carbocycles. The van der Waals surface area contributed by atoms with Crippen molar-refractivity contribution in [2.24, 2.45) is 0 Å². The fourth-order valence-electron chi connectivity index (χ4n) is 6.49. The van der Waals surface area contributed by atoms with Gasteiger partial charge in [0.15, 0.2) is 0 Å². The summed E-state index contributed by atoms with van der Waals surface area (Å²) in [5, 5.41) is 0. The van der Waals surface area contributed by atoms with Crippen molar-refractivity contribution in [2.75, 3.05) is 6.61 Å². The van der Waals surface area contributed by atoms with E-state index in [4.69, 9.17) is 14.2 Å². The van der Waals surface area contributed by atoms with Crippen LogP contribution in [-0.4, -0.2) is 17.6 Å². The van der Waals surface area contributed by atoms with Crippen molar-refractivity contribution in [3.8, 4) is 17.0 Å². The van der Waals surface area contributed by atoms with Gasteiger partial charge in [-0.1, -0.05) is 127 Å². The first-order chi connectivity index (χ1) is 23.9. The molecule has 1 atom stereocenters. The molecule has 1 heterocycles. The van der Waals surface area contributed by atoms with Gasteiger partial charge in [0.05, 0.1) is 6.61 Å². The van der Waals surface area contributed by atoms with E-state index in [1.807, 2.05) is 66.7 Å². The van der Waals surface area contributed by atoms with Gasteiger partial charge in [0.1, 0.15) is 18.3 Å². The van der Waals surface area contributed by atoms with Gasteiger partial charge < -0.3 is 14.2 Å². The maximum Gasteiger partial charge on any atom is 0.303 e. The lowest BCUT2D eigenvalue weighted by atomic mass is 9.80. The normalized spacial score (nSPS) is 11.9. The Balaban J connectivity index is 1.19. The largest absolute Gasteiger partial charge is 0.473 e. The smallest absolute Gasteiger partial charge is 0.303 e. The molecule has 0 saturated heterocycles. The molecule has 0 amide bonds. The highest BCUT2D eigenvalue weighted by molar-refractivity contribution is 5.71. The molecule has 0 saturated carbocycles. The quantitative estimate of drug-likeness (QED) is 0.0923. The fraction of sp³-hybridized carbons (Fsp3) is 0.182. The maximum atomic E-state index is 12.2. The van der Waals surface area contributed by atoms with E-state index in [1.165, 1.54) is 29.2 Å². The van der Waals surface area contributed by atoms with Crippen LogP contribution in [0.3, 0.4) is 0 Å². The summed E-state index contributed by atoms with van der Waals surface area (Å²) in [6.45, 7) is 6.39. The topological polar surface area (TPSA) is 57.7 Å². The van der Waals surface area contributed by atoms with Crippen LogP contribution < -0.4 is 4.74 Å². The van der Waals surface area contributed by atoms with Gasteiger partial charge in [-0.25, -0.2) is 4.98 Å². The zero-order chi connectivity index (χ0) is 34.1. The standard InChI is InChI=1S/C44H41NO4/c1-32-15-13-16-33(2)43(32)36-18-14-17-35(29-36)31-47-42-26-25-37(30-45-42)41(49-34(3)46)27-28-48-44(38-19-7-4-8-20-38,39-21-9-5-10-22-39)40-23-11-6-12-24-40/h4-26,29-30,41H,27-28,31H2,1-3H3. The second-order valence-corrected chi connectivity index (χ2v) is 12.2. The highest BCUT2D eigenvalue weighted by Gasteiger charge is 2.37. The van der Waals surface area contributed by atoms with Crippen LogP contribution >= 0.6 is 0 Å². The van der Waals surface area contributed by atoms with Crippen LogP contribution in [0.4, 0.5) is 0 Å². The molecule has 5 aromatic carbocycles. The third-order valence-corrected chi connectivity index (χ3v) is 8.76. The summed E-state index contributed by atoms with van der Waals surface area (Å²) in [4.78, 5) is 16.8. The van der Waals surface area contributed by atoms with E-state index in [9.17, 15) is 4.79 Å². The van der Waals surface area contributed by atoms with Crippen LogP contribution in [0, 0.1) is 13.8 Å². The lowest BCUT2D eigenvalue weighted by Crippen LogP contribution is -2.33. The van der Waals surface area contributed by atoms with Crippen molar-refractivity contribution in [3.05, 3.63) is 191 Å². The van der Waals surface area contributed by atoms with Crippen molar-refractivity contribution in [1.82, 2.24) is 4.98 Å². The zero-order valence-electron chi connectivity index (χ0n) is 28.2. The number of hydrogen-bond acceptors (Lipinski definition) is 5. The lowest BCUT2D eigenvalue weighted by Gasteiger charge is -2.36. The van der Waals surface area contributed by atoms with Crippen molar-refractivity contribution >= 4 is 5.97 Å². The minimum Gasteiger partial charge on any atom is -0.473 e. The number of nitrogens with zero attached hydrogens (tertiary/aromatic N) is 1. The molecule has 1 aromatic heterocycles. The number of carbonyl (C=O) groups is 1. The molecule has 6 aromatic rings. The fourth-order valence-corrected chi connectivity index (χ4v) is 6.49. The molecule has 0 aliphatic heterocycles. The molecular weight excluding hydrogens is 606 g/mol. The first kappa shape index (κ1) is 33.4. The summed E-state index contributed by atoms with van der Waals surface area (Å²) in [5.74, 6) is 0.129. The molecule has 0 spiro atoms. The summed E-state index contributed by atoms with van der Waals surface area (Å²) in [7, 11) is 0. The van der Waals surface area contributed by atoms with Crippen LogP contribution in [0.15, 0.2) is 152 Å². The van der Waals surface area contributed by atoms with Crippen molar-refractivity contribution in [1.29, 1.82) is 0 Å². The van der Waals surface area contributed by atoms with E-state index < -0.39 is 11.7 Å². The summed E-state index contributed by atoms with van der Waals surface area (Å²) in [6.07, 6.45) is 1.60. The molecule has 6 rings (SSSR count). The van der Waals surface area contributed by atoms with E-state index >= 15 is 0 Å². The van der Waals surface area contributed by atoms with Gasteiger partial charge in [0.25, 0.3) is 0 Å². The SMILES string of the molecule is CC(=O)OC(CCOC(c1ccccc1)(c1ccccc1)c1ccccc1)c1ccc(OCc2cccc(-c3c(C)cccc3C)c2)nc1. The molecule has 5 nitrogen and oxygen atoms in total. The van der Waals surface area contributed by atoms with Crippen LogP contribution in [0.5, 0.6) is 5.88 Å². The van der Waals surface area contributed by atoms with Gasteiger partial charge in [0, 0.05) is 31.2 Å². The molecule has 0 N–H and O–H groups in total. The average molecular weight is 648 g/mol. The van der Waals surface area contributed by atoms with Gasteiger partial charge in [-0.3, -0.25) is 4.79 Å². The Morgan fingerprint density at radius 3 is 1.80 bits per heavy atom. The van der Waals surface area contributed by atoms with Crippen LogP contribution in [0.1, 0.15) is 58.4 Å². The Bertz CT molecular complexity index is 1840. The van der Waals surface area contributed by atoms with Gasteiger partial charge in [-0.05, 0) is 70.5 Å². The number of ether oxygens (including phenoxy) is 3.